The summed E-state index contributed by atoms with van der Waals surface area (Å²) in [7, 11) is 0. The number of anilines is 1. The Hall–Kier alpha value is -3.02. The SMILES string of the molecule is CC1=NN(c2ccc(C)cc2)C2=NC(N)=NC(c3ccc(F)cc3)C12. The number of aliphatic imine (C=N–C) groups is 2. The van der Waals surface area contributed by atoms with Crippen molar-refractivity contribution < 1.29 is 4.39 Å². The van der Waals surface area contributed by atoms with Gasteiger partial charge in [-0.05, 0) is 43.7 Å². The lowest BCUT2D eigenvalue weighted by Crippen LogP contribution is -2.36. The zero-order valence-electron chi connectivity index (χ0n) is 14.0. The summed E-state index contributed by atoms with van der Waals surface area (Å²) in [6.07, 6.45) is 0. The highest BCUT2D eigenvalue weighted by atomic mass is 19.1. The van der Waals surface area contributed by atoms with Gasteiger partial charge in [0.2, 0.25) is 5.96 Å². The molecule has 0 saturated heterocycles. The molecule has 0 spiro atoms. The molecule has 0 fully saturated rings. The minimum Gasteiger partial charge on any atom is -0.368 e. The van der Waals surface area contributed by atoms with Crippen molar-refractivity contribution in [2.24, 2.45) is 26.7 Å². The van der Waals surface area contributed by atoms with E-state index in [0.717, 1.165) is 22.8 Å². The fraction of sp³-hybridized carbons (Fsp3) is 0.211. The van der Waals surface area contributed by atoms with Crippen molar-refractivity contribution in [3.63, 3.8) is 0 Å². The van der Waals surface area contributed by atoms with Crippen molar-refractivity contribution in [2.45, 2.75) is 19.9 Å². The number of hydrogen-bond acceptors (Lipinski definition) is 5. The van der Waals surface area contributed by atoms with Crippen molar-refractivity contribution in [1.82, 2.24) is 0 Å². The van der Waals surface area contributed by atoms with Crippen LogP contribution in [0.4, 0.5) is 10.1 Å². The average Bonchev–Trinajstić information content (AvgIpc) is 2.92. The molecule has 6 heteroatoms. The Bertz CT molecular complexity index is 896. The molecule has 4 rings (SSSR count). The van der Waals surface area contributed by atoms with Crippen LogP contribution >= 0.6 is 0 Å². The summed E-state index contributed by atoms with van der Waals surface area (Å²) in [5, 5.41) is 6.49. The second kappa shape index (κ2) is 5.81. The third kappa shape index (κ3) is 2.69. The van der Waals surface area contributed by atoms with Crippen LogP contribution in [0.25, 0.3) is 0 Å². The maximum Gasteiger partial charge on any atom is 0.217 e. The van der Waals surface area contributed by atoms with Gasteiger partial charge < -0.3 is 5.73 Å². The first-order valence-corrected chi connectivity index (χ1v) is 8.12. The molecule has 0 aromatic heterocycles. The van der Waals surface area contributed by atoms with Crippen LogP contribution in [0.1, 0.15) is 24.1 Å². The number of rotatable bonds is 2. The van der Waals surface area contributed by atoms with Crippen LogP contribution in [-0.4, -0.2) is 17.5 Å². The zero-order chi connectivity index (χ0) is 17.6. The van der Waals surface area contributed by atoms with Gasteiger partial charge in [-0.15, -0.1) is 0 Å². The Balaban J connectivity index is 1.75. The van der Waals surface area contributed by atoms with Crippen LogP contribution in [0.15, 0.2) is 63.6 Å². The second-order valence-corrected chi connectivity index (χ2v) is 6.32. The summed E-state index contributed by atoms with van der Waals surface area (Å²) in [5.74, 6) is 0.577. The maximum absolute atomic E-state index is 13.3. The number of benzene rings is 2. The first-order chi connectivity index (χ1) is 12.0. The molecule has 126 valence electrons. The Morgan fingerprint density at radius 2 is 1.68 bits per heavy atom. The molecule has 0 aliphatic carbocycles. The zero-order valence-corrected chi connectivity index (χ0v) is 14.0. The molecule has 0 bridgehead atoms. The third-order valence-corrected chi connectivity index (χ3v) is 4.51. The first-order valence-electron chi connectivity index (χ1n) is 8.12. The summed E-state index contributed by atoms with van der Waals surface area (Å²) >= 11 is 0. The van der Waals surface area contributed by atoms with Crippen molar-refractivity contribution in [1.29, 1.82) is 0 Å². The van der Waals surface area contributed by atoms with Gasteiger partial charge in [0.1, 0.15) is 11.7 Å². The highest BCUT2D eigenvalue weighted by Crippen LogP contribution is 2.37. The Morgan fingerprint density at radius 3 is 2.36 bits per heavy atom. The van der Waals surface area contributed by atoms with Gasteiger partial charge in [-0.3, -0.25) is 0 Å². The highest BCUT2D eigenvalue weighted by Gasteiger charge is 2.41. The summed E-state index contributed by atoms with van der Waals surface area (Å²) in [5.41, 5.74) is 9.87. The Kier molecular flexibility index (Phi) is 3.60. The van der Waals surface area contributed by atoms with E-state index < -0.39 is 0 Å². The summed E-state index contributed by atoms with van der Waals surface area (Å²) in [4.78, 5) is 8.94. The molecular formula is C19H18FN5. The number of guanidine groups is 1. The van der Waals surface area contributed by atoms with Gasteiger partial charge in [-0.25, -0.2) is 14.4 Å². The number of nitrogens with two attached hydrogens (primary N) is 1. The minimum absolute atomic E-state index is 0.112. The molecule has 2 unspecified atom stereocenters. The van der Waals surface area contributed by atoms with E-state index in [2.05, 4.69) is 15.1 Å². The molecule has 0 radical (unpaired) electrons. The number of aryl methyl sites for hydroxylation is 1. The van der Waals surface area contributed by atoms with Crippen LogP contribution in [0.3, 0.4) is 0 Å². The van der Waals surface area contributed by atoms with E-state index in [1.54, 1.807) is 12.1 Å². The van der Waals surface area contributed by atoms with Gasteiger partial charge in [-0.2, -0.15) is 10.1 Å². The van der Waals surface area contributed by atoms with Gasteiger partial charge in [0.15, 0.2) is 0 Å². The van der Waals surface area contributed by atoms with E-state index in [1.807, 2.05) is 43.1 Å². The molecule has 25 heavy (non-hydrogen) atoms. The third-order valence-electron chi connectivity index (χ3n) is 4.51. The van der Waals surface area contributed by atoms with E-state index in [0.29, 0.717) is 0 Å². The van der Waals surface area contributed by atoms with Crippen molar-refractivity contribution in [3.05, 3.63) is 65.5 Å². The van der Waals surface area contributed by atoms with E-state index in [4.69, 9.17) is 5.73 Å². The minimum atomic E-state index is -0.275. The smallest absolute Gasteiger partial charge is 0.217 e. The average molecular weight is 335 g/mol. The van der Waals surface area contributed by atoms with Crippen LogP contribution in [0, 0.1) is 18.7 Å². The van der Waals surface area contributed by atoms with Gasteiger partial charge in [0.25, 0.3) is 0 Å². The number of fused-ring (bicyclic) bond motifs is 1. The molecule has 2 N–H and O–H groups in total. The standard InChI is InChI=1S/C19H18FN5/c1-11-3-9-15(10-4-11)25-18-16(12(2)24-25)17(22-19(21)23-18)13-5-7-14(20)8-6-13/h3-10,16-17H,1-2H3,(H2,21,22). The normalized spacial score (nSPS) is 22.2. The monoisotopic (exact) mass is 335 g/mol. The number of halogens is 1. The van der Waals surface area contributed by atoms with Crippen molar-refractivity contribution in [2.75, 3.05) is 5.01 Å². The molecule has 2 aliphatic heterocycles. The summed E-state index contributed by atoms with van der Waals surface area (Å²) < 4.78 is 13.3. The molecular weight excluding hydrogens is 317 g/mol. The maximum atomic E-state index is 13.3. The van der Waals surface area contributed by atoms with E-state index in [-0.39, 0.29) is 23.7 Å². The van der Waals surface area contributed by atoms with E-state index in [9.17, 15) is 4.39 Å². The number of hydrogen-bond donors (Lipinski definition) is 1. The fourth-order valence-corrected chi connectivity index (χ4v) is 3.24. The number of hydrazone groups is 1. The predicted octanol–water partition coefficient (Wildman–Crippen LogP) is 3.41. The van der Waals surface area contributed by atoms with Crippen LogP contribution in [-0.2, 0) is 0 Å². The first kappa shape index (κ1) is 15.5. The topological polar surface area (TPSA) is 66.3 Å². The van der Waals surface area contributed by atoms with Crippen LogP contribution < -0.4 is 10.7 Å². The lowest BCUT2D eigenvalue weighted by atomic mass is 9.88. The number of nitrogens with zero attached hydrogens (tertiary/aromatic N) is 4. The van der Waals surface area contributed by atoms with Gasteiger partial charge in [0.05, 0.1) is 17.6 Å². The Labute approximate surface area is 145 Å². The Morgan fingerprint density at radius 1 is 1.00 bits per heavy atom. The lowest BCUT2D eigenvalue weighted by molar-refractivity contribution is 0.621. The molecule has 2 aromatic rings. The van der Waals surface area contributed by atoms with Crippen LogP contribution in [0.2, 0.25) is 0 Å². The van der Waals surface area contributed by atoms with Gasteiger partial charge in [0, 0.05) is 5.71 Å². The quantitative estimate of drug-likeness (QED) is 0.914. The largest absolute Gasteiger partial charge is 0.368 e. The molecule has 5 nitrogen and oxygen atoms in total. The summed E-state index contributed by atoms with van der Waals surface area (Å²) in [6.45, 7) is 4.00. The van der Waals surface area contributed by atoms with E-state index >= 15 is 0 Å². The molecule has 0 amide bonds. The fourth-order valence-electron chi connectivity index (χ4n) is 3.24. The molecule has 2 atom stereocenters. The van der Waals surface area contributed by atoms with Crippen LogP contribution in [0.5, 0.6) is 0 Å². The second-order valence-electron chi connectivity index (χ2n) is 6.32. The molecule has 0 saturated carbocycles. The van der Waals surface area contributed by atoms with Gasteiger partial charge in [-0.1, -0.05) is 29.8 Å². The lowest BCUT2D eigenvalue weighted by Gasteiger charge is -2.27. The highest BCUT2D eigenvalue weighted by molar-refractivity contribution is 6.21. The van der Waals surface area contributed by atoms with Crippen molar-refractivity contribution >= 4 is 23.2 Å². The van der Waals surface area contributed by atoms with Gasteiger partial charge >= 0.3 is 0 Å². The number of amidine groups is 1. The molecule has 2 aromatic carbocycles. The van der Waals surface area contributed by atoms with E-state index in [1.165, 1.54) is 17.7 Å². The molecule has 2 heterocycles. The molecule has 2 aliphatic rings. The predicted molar refractivity (Wildman–Crippen MR) is 98.5 cm³/mol. The van der Waals surface area contributed by atoms with Crippen molar-refractivity contribution in [3.8, 4) is 0 Å². The summed E-state index contributed by atoms with van der Waals surface area (Å²) in [6, 6.07) is 14.2.